The molecule has 0 saturated heterocycles. The van der Waals surface area contributed by atoms with Gasteiger partial charge in [-0.25, -0.2) is 0 Å². The molecular formula is C14H13Cl. The summed E-state index contributed by atoms with van der Waals surface area (Å²) in [5.41, 5.74) is 4.24. The topological polar surface area (TPSA) is 0 Å². The van der Waals surface area contributed by atoms with Crippen LogP contribution in [0.25, 0.3) is 10.8 Å². The molecule has 0 saturated carbocycles. The summed E-state index contributed by atoms with van der Waals surface area (Å²) in [6, 6.07) is 11.0. The summed E-state index contributed by atoms with van der Waals surface area (Å²) >= 11 is 6.21. The first-order valence-electron chi connectivity index (χ1n) is 5.45. The molecular weight excluding hydrogens is 204 g/mol. The third kappa shape index (κ3) is 1.28. The van der Waals surface area contributed by atoms with Crippen molar-refractivity contribution >= 4 is 22.4 Å². The van der Waals surface area contributed by atoms with Gasteiger partial charge in [-0.3, -0.25) is 0 Å². The zero-order chi connectivity index (χ0) is 10.4. The van der Waals surface area contributed by atoms with E-state index in [1.165, 1.54) is 40.3 Å². The van der Waals surface area contributed by atoms with Gasteiger partial charge in [-0.2, -0.15) is 0 Å². The van der Waals surface area contributed by atoms with Gasteiger partial charge in [0.1, 0.15) is 0 Å². The van der Waals surface area contributed by atoms with Gasteiger partial charge in [-0.05, 0) is 47.2 Å². The molecule has 15 heavy (non-hydrogen) atoms. The second kappa shape index (κ2) is 3.24. The predicted molar refractivity (Wildman–Crippen MR) is 65.6 cm³/mol. The first-order valence-corrected chi connectivity index (χ1v) is 5.88. The molecule has 76 valence electrons. The lowest BCUT2D eigenvalue weighted by Crippen LogP contribution is -1.89. The van der Waals surface area contributed by atoms with Crippen molar-refractivity contribution in [2.75, 3.05) is 0 Å². The standard InChI is InChI=1S/C14H13Cl/c1-9(15)12-8-7-11-6-5-10-3-2-4-13(12)14(10)11/h2-4,7-9H,5-6H2,1H3. The Kier molecular flexibility index (Phi) is 2.00. The fourth-order valence-electron chi connectivity index (χ4n) is 2.62. The minimum absolute atomic E-state index is 0.0925. The molecule has 0 amide bonds. The summed E-state index contributed by atoms with van der Waals surface area (Å²) < 4.78 is 0. The number of halogens is 1. The summed E-state index contributed by atoms with van der Waals surface area (Å²) in [5.74, 6) is 0. The zero-order valence-corrected chi connectivity index (χ0v) is 9.51. The lowest BCUT2D eigenvalue weighted by atomic mass is 9.98. The molecule has 0 fully saturated rings. The van der Waals surface area contributed by atoms with E-state index in [9.17, 15) is 0 Å². The maximum Gasteiger partial charge on any atom is 0.0563 e. The molecule has 0 radical (unpaired) electrons. The normalized spacial score (nSPS) is 15.9. The minimum Gasteiger partial charge on any atom is -0.118 e. The first kappa shape index (κ1) is 9.23. The maximum atomic E-state index is 6.21. The van der Waals surface area contributed by atoms with Crippen LogP contribution in [0.2, 0.25) is 0 Å². The van der Waals surface area contributed by atoms with Crippen molar-refractivity contribution in [2.24, 2.45) is 0 Å². The van der Waals surface area contributed by atoms with E-state index >= 15 is 0 Å². The van der Waals surface area contributed by atoms with Crippen LogP contribution in [0.5, 0.6) is 0 Å². The Bertz CT molecular complexity index is 516. The van der Waals surface area contributed by atoms with E-state index in [1.807, 2.05) is 6.92 Å². The second-order valence-electron chi connectivity index (χ2n) is 4.27. The van der Waals surface area contributed by atoms with Crippen LogP contribution in [0.3, 0.4) is 0 Å². The molecule has 3 rings (SSSR count). The number of hydrogen-bond acceptors (Lipinski definition) is 0. The van der Waals surface area contributed by atoms with Crippen molar-refractivity contribution in [1.82, 2.24) is 0 Å². The Balaban J connectivity index is 2.43. The molecule has 1 atom stereocenters. The van der Waals surface area contributed by atoms with Gasteiger partial charge in [-0.15, -0.1) is 11.6 Å². The third-order valence-electron chi connectivity index (χ3n) is 3.34. The van der Waals surface area contributed by atoms with Crippen LogP contribution < -0.4 is 0 Å². The van der Waals surface area contributed by atoms with E-state index in [4.69, 9.17) is 11.6 Å². The molecule has 0 aromatic heterocycles. The van der Waals surface area contributed by atoms with Gasteiger partial charge < -0.3 is 0 Å². The maximum absolute atomic E-state index is 6.21. The molecule has 0 aliphatic heterocycles. The Labute approximate surface area is 94.9 Å². The van der Waals surface area contributed by atoms with Gasteiger partial charge in [0, 0.05) is 0 Å². The van der Waals surface area contributed by atoms with Crippen molar-refractivity contribution in [3.8, 4) is 0 Å². The molecule has 1 aliphatic rings. The fourth-order valence-corrected chi connectivity index (χ4v) is 2.81. The van der Waals surface area contributed by atoms with Gasteiger partial charge in [0.05, 0.1) is 5.38 Å². The first-order chi connectivity index (χ1) is 7.27. The average molecular weight is 217 g/mol. The fraction of sp³-hybridized carbons (Fsp3) is 0.286. The quantitative estimate of drug-likeness (QED) is 0.626. The largest absolute Gasteiger partial charge is 0.118 e. The van der Waals surface area contributed by atoms with Gasteiger partial charge in [0.15, 0.2) is 0 Å². The summed E-state index contributed by atoms with van der Waals surface area (Å²) in [6.45, 7) is 2.04. The monoisotopic (exact) mass is 216 g/mol. The van der Waals surface area contributed by atoms with Crippen LogP contribution in [0.1, 0.15) is 29.0 Å². The second-order valence-corrected chi connectivity index (χ2v) is 4.92. The Morgan fingerprint density at radius 3 is 2.53 bits per heavy atom. The predicted octanol–water partition coefficient (Wildman–Crippen LogP) is 4.24. The van der Waals surface area contributed by atoms with Crippen LogP contribution >= 0.6 is 11.6 Å². The van der Waals surface area contributed by atoms with Crippen LogP contribution in [0.4, 0.5) is 0 Å². The van der Waals surface area contributed by atoms with Crippen molar-refractivity contribution in [3.63, 3.8) is 0 Å². The molecule has 1 aliphatic carbocycles. The molecule has 0 bridgehead atoms. The van der Waals surface area contributed by atoms with Gasteiger partial charge in [0.25, 0.3) is 0 Å². The highest BCUT2D eigenvalue weighted by Crippen LogP contribution is 2.36. The van der Waals surface area contributed by atoms with Crippen LogP contribution in [0, 0.1) is 0 Å². The molecule has 2 aromatic carbocycles. The summed E-state index contributed by atoms with van der Waals surface area (Å²) in [5, 5.41) is 2.90. The van der Waals surface area contributed by atoms with Crippen molar-refractivity contribution in [3.05, 3.63) is 47.0 Å². The zero-order valence-electron chi connectivity index (χ0n) is 8.76. The van der Waals surface area contributed by atoms with E-state index in [0.29, 0.717) is 0 Å². The SMILES string of the molecule is CC(Cl)c1ccc2c3c(cccc13)CC2. The number of aryl methyl sites for hydroxylation is 2. The van der Waals surface area contributed by atoms with E-state index in [2.05, 4.69) is 30.3 Å². The molecule has 1 heteroatoms. The molecule has 0 spiro atoms. The van der Waals surface area contributed by atoms with E-state index < -0.39 is 0 Å². The lowest BCUT2D eigenvalue weighted by Gasteiger charge is -2.10. The van der Waals surface area contributed by atoms with Gasteiger partial charge in [0.2, 0.25) is 0 Å². The summed E-state index contributed by atoms with van der Waals surface area (Å²) in [7, 11) is 0. The van der Waals surface area contributed by atoms with Gasteiger partial charge >= 0.3 is 0 Å². The van der Waals surface area contributed by atoms with Crippen molar-refractivity contribution in [1.29, 1.82) is 0 Å². The van der Waals surface area contributed by atoms with E-state index in [-0.39, 0.29) is 5.38 Å². The summed E-state index contributed by atoms with van der Waals surface area (Å²) in [6.07, 6.45) is 2.37. The molecule has 1 unspecified atom stereocenters. The van der Waals surface area contributed by atoms with Crippen LogP contribution in [-0.2, 0) is 12.8 Å². The minimum atomic E-state index is 0.0925. The smallest absolute Gasteiger partial charge is 0.0563 e. The van der Waals surface area contributed by atoms with E-state index in [0.717, 1.165) is 0 Å². The highest BCUT2D eigenvalue weighted by Gasteiger charge is 2.16. The Morgan fingerprint density at radius 1 is 1.07 bits per heavy atom. The third-order valence-corrected chi connectivity index (χ3v) is 3.57. The van der Waals surface area contributed by atoms with E-state index in [1.54, 1.807) is 0 Å². The highest BCUT2D eigenvalue weighted by atomic mass is 35.5. The number of alkyl halides is 1. The van der Waals surface area contributed by atoms with Crippen LogP contribution in [-0.4, -0.2) is 0 Å². The molecule has 0 N–H and O–H groups in total. The number of benzene rings is 2. The molecule has 0 heterocycles. The summed E-state index contributed by atoms with van der Waals surface area (Å²) in [4.78, 5) is 0. The highest BCUT2D eigenvalue weighted by molar-refractivity contribution is 6.21. The van der Waals surface area contributed by atoms with Crippen molar-refractivity contribution in [2.45, 2.75) is 25.1 Å². The van der Waals surface area contributed by atoms with Crippen LogP contribution in [0.15, 0.2) is 30.3 Å². The van der Waals surface area contributed by atoms with Gasteiger partial charge in [-0.1, -0.05) is 30.3 Å². The lowest BCUT2D eigenvalue weighted by molar-refractivity contribution is 1.02. The average Bonchev–Trinajstić information content (AvgIpc) is 2.64. The Morgan fingerprint density at radius 2 is 1.80 bits per heavy atom. The van der Waals surface area contributed by atoms with Crippen molar-refractivity contribution < 1.29 is 0 Å². The Hall–Kier alpha value is -1.01. The molecule has 0 nitrogen and oxygen atoms in total. The molecule has 2 aromatic rings. The number of rotatable bonds is 1. The number of hydrogen-bond donors (Lipinski definition) is 0.